The standard InChI is InChI=1S/C12H21N3OS/c1-10-9-17-12(15-10)14-5-2-8-16-11-3-6-13-7-4-11/h9,11,13H,2-8H2,1H3,(H,14,15). The Morgan fingerprint density at radius 1 is 1.53 bits per heavy atom. The number of aromatic nitrogens is 1. The summed E-state index contributed by atoms with van der Waals surface area (Å²) >= 11 is 1.66. The Kier molecular flexibility index (Phi) is 5.22. The van der Waals surface area contributed by atoms with Crippen LogP contribution in [0.1, 0.15) is 25.0 Å². The molecule has 0 aliphatic carbocycles. The summed E-state index contributed by atoms with van der Waals surface area (Å²) in [6.45, 7) is 6.00. The summed E-state index contributed by atoms with van der Waals surface area (Å²) < 4.78 is 5.83. The molecule has 96 valence electrons. The summed E-state index contributed by atoms with van der Waals surface area (Å²) in [5, 5.41) is 9.74. The minimum atomic E-state index is 0.471. The van der Waals surface area contributed by atoms with Gasteiger partial charge in [-0.2, -0.15) is 0 Å². The normalized spacial score (nSPS) is 17.2. The molecular weight excluding hydrogens is 234 g/mol. The maximum Gasteiger partial charge on any atom is 0.182 e. The third kappa shape index (κ3) is 4.61. The molecule has 0 radical (unpaired) electrons. The van der Waals surface area contributed by atoms with Crippen LogP contribution < -0.4 is 10.6 Å². The number of hydrogen-bond acceptors (Lipinski definition) is 5. The van der Waals surface area contributed by atoms with Crippen molar-refractivity contribution in [3.63, 3.8) is 0 Å². The van der Waals surface area contributed by atoms with Crippen LogP contribution in [-0.4, -0.2) is 37.3 Å². The second-order valence-electron chi connectivity index (χ2n) is 4.39. The Morgan fingerprint density at radius 3 is 3.06 bits per heavy atom. The van der Waals surface area contributed by atoms with Crippen LogP contribution >= 0.6 is 11.3 Å². The van der Waals surface area contributed by atoms with Gasteiger partial charge >= 0.3 is 0 Å². The molecule has 0 saturated carbocycles. The smallest absolute Gasteiger partial charge is 0.182 e. The van der Waals surface area contributed by atoms with Crippen molar-refractivity contribution in [2.24, 2.45) is 0 Å². The van der Waals surface area contributed by atoms with Crippen LogP contribution in [0.5, 0.6) is 0 Å². The predicted molar refractivity (Wildman–Crippen MR) is 71.8 cm³/mol. The molecule has 0 aromatic carbocycles. The molecule has 17 heavy (non-hydrogen) atoms. The topological polar surface area (TPSA) is 46.2 Å². The molecule has 1 aromatic heterocycles. The van der Waals surface area contributed by atoms with Gasteiger partial charge in [-0.15, -0.1) is 11.3 Å². The lowest BCUT2D eigenvalue weighted by molar-refractivity contribution is 0.0329. The van der Waals surface area contributed by atoms with E-state index in [1.807, 2.05) is 6.92 Å². The highest BCUT2D eigenvalue weighted by atomic mass is 32.1. The summed E-state index contributed by atoms with van der Waals surface area (Å²) in [6, 6.07) is 0. The van der Waals surface area contributed by atoms with Crippen LogP contribution in [0.4, 0.5) is 5.13 Å². The highest BCUT2D eigenvalue weighted by Crippen LogP contribution is 2.14. The molecular formula is C12H21N3OS. The minimum Gasteiger partial charge on any atom is -0.378 e. The van der Waals surface area contributed by atoms with Gasteiger partial charge in [-0.1, -0.05) is 0 Å². The maximum atomic E-state index is 5.83. The first-order chi connectivity index (χ1) is 8.34. The molecule has 2 rings (SSSR count). The second kappa shape index (κ2) is 6.93. The van der Waals surface area contributed by atoms with Gasteiger partial charge in [0.2, 0.25) is 0 Å². The van der Waals surface area contributed by atoms with Crippen molar-refractivity contribution in [2.45, 2.75) is 32.3 Å². The molecule has 5 heteroatoms. The fourth-order valence-electron chi connectivity index (χ4n) is 1.91. The fourth-order valence-corrected chi connectivity index (χ4v) is 2.63. The van der Waals surface area contributed by atoms with E-state index in [1.54, 1.807) is 11.3 Å². The van der Waals surface area contributed by atoms with Gasteiger partial charge in [-0.25, -0.2) is 4.98 Å². The lowest BCUT2D eigenvalue weighted by Crippen LogP contribution is -2.32. The Bertz CT molecular complexity index is 323. The first-order valence-corrected chi connectivity index (χ1v) is 7.21. The van der Waals surface area contributed by atoms with E-state index in [0.29, 0.717) is 6.10 Å². The van der Waals surface area contributed by atoms with Gasteiger partial charge < -0.3 is 15.4 Å². The van der Waals surface area contributed by atoms with Gasteiger partial charge in [-0.3, -0.25) is 0 Å². The van der Waals surface area contributed by atoms with E-state index in [0.717, 1.165) is 56.3 Å². The van der Waals surface area contributed by atoms with E-state index in [4.69, 9.17) is 4.74 Å². The van der Waals surface area contributed by atoms with Gasteiger partial charge in [0.05, 0.1) is 11.8 Å². The number of hydrogen-bond donors (Lipinski definition) is 2. The number of rotatable bonds is 6. The summed E-state index contributed by atoms with van der Waals surface area (Å²) in [5.74, 6) is 0. The van der Waals surface area contributed by atoms with Gasteiger partial charge in [0.25, 0.3) is 0 Å². The number of nitrogens with one attached hydrogen (secondary N) is 2. The minimum absolute atomic E-state index is 0.471. The van der Waals surface area contributed by atoms with Crippen molar-refractivity contribution in [1.29, 1.82) is 0 Å². The number of nitrogens with zero attached hydrogens (tertiary/aromatic N) is 1. The summed E-state index contributed by atoms with van der Waals surface area (Å²) in [4.78, 5) is 4.36. The van der Waals surface area contributed by atoms with E-state index in [1.165, 1.54) is 0 Å². The summed E-state index contributed by atoms with van der Waals surface area (Å²) in [6.07, 6.45) is 3.82. The molecule has 0 unspecified atom stereocenters. The molecule has 0 spiro atoms. The maximum absolute atomic E-state index is 5.83. The molecule has 1 aliphatic heterocycles. The quantitative estimate of drug-likeness (QED) is 0.764. The molecule has 1 fully saturated rings. The van der Waals surface area contributed by atoms with Crippen LogP contribution in [0.3, 0.4) is 0 Å². The summed E-state index contributed by atoms with van der Waals surface area (Å²) in [5.41, 5.74) is 1.09. The molecule has 4 nitrogen and oxygen atoms in total. The molecule has 1 aromatic rings. The molecule has 1 saturated heterocycles. The molecule has 0 bridgehead atoms. The number of thiazole rings is 1. The van der Waals surface area contributed by atoms with Crippen molar-refractivity contribution in [2.75, 3.05) is 31.6 Å². The van der Waals surface area contributed by atoms with E-state index < -0.39 is 0 Å². The Labute approximate surface area is 107 Å². The Hall–Kier alpha value is -0.650. The SMILES string of the molecule is Cc1csc(NCCCOC2CCNCC2)n1. The van der Waals surface area contributed by atoms with Gasteiger partial charge in [0, 0.05) is 18.5 Å². The van der Waals surface area contributed by atoms with Crippen molar-refractivity contribution >= 4 is 16.5 Å². The van der Waals surface area contributed by atoms with Gasteiger partial charge in [0.15, 0.2) is 5.13 Å². The average molecular weight is 255 g/mol. The lowest BCUT2D eigenvalue weighted by atomic mass is 10.1. The zero-order valence-corrected chi connectivity index (χ0v) is 11.2. The van der Waals surface area contributed by atoms with E-state index in [-0.39, 0.29) is 0 Å². The van der Waals surface area contributed by atoms with Crippen LogP contribution in [0.25, 0.3) is 0 Å². The Morgan fingerprint density at radius 2 is 2.35 bits per heavy atom. The predicted octanol–water partition coefficient (Wildman–Crippen LogP) is 2.02. The zero-order chi connectivity index (χ0) is 11.9. The first kappa shape index (κ1) is 12.8. The van der Waals surface area contributed by atoms with Crippen molar-refractivity contribution in [1.82, 2.24) is 10.3 Å². The van der Waals surface area contributed by atoms with Crippen molar-refractivity contribution in [3.8, 4) is 0 Å². The number of aryl methyl sites for hydroxylation is 1. The summed E-state index contributed by atoms with van der Waals surface area (Å²) in [7, 11) is 0. The van der Waals surface area contributed by atoms with Gasteiger partial charge in [-0.05, 0) is 39.3 Å². The highest BCUT2D eigenvalue weighted by molar-refractivity contribution is 7.13. The monoisotopic (exact) mass is 255 g/mol. The third-order valence-electron chi connectivity index (χ3n) is 2.86. The van der Waals surface area contributed by atoms with E-state index >= 15 is 0 Å². The van der Waals surface area contributed by atoms with Gasteiger partial charge in [0.1, 0.15) is 0 Å². The third-order valence-corrected chi connectivity index (χ3v) is 3.77. The highest BCUT2D eigenvalue weighted by Gasteiger charge is 2.12. The zero-order valence-electron chi connectivity index (χ0n) is 10.4. The fraction of sp³-hybridized carbons (Fsp3) is 0.750. The number of anilines is 1. The first-order valence-electron chi connectivity index (χ1n) is 6.33. The molecule has 1 aliphatic rings. The average Bonchev–Trinajstić information content (AvgIpc) is 2.76. The molecule has 0 amide bonds. The molecule has 2 heterocycles. The Balaban J connectivity index is 1.51. The van der Waals surface area contributed by atoms with Crippen LogP contribution in [-0.2, 0) is 4.74 Å². The van der Waals surface area contributed by atoms with Crippen LogP contribution in [0.2, 0.25) is 0 Å². The van der Waals surface area contributed by atoms with E-state index in [2.05, 4.69) is 21.0 Å². The second-order valence-corrected chi connectivity index (χ2v) is 5.25. The number of ether oxygens (including phenoxy) is 1. The van der Waals surface area contributed by atoms with Crippen LogP contribution in [0.15, 0.2) is 5.38 Å². The number of piperidine rings is 1. The van der Waals surface area contributed by atoms with Crippen molar-refractivity contribution in [3.05, 3.63) is 11.1 Å². The molecule has 2 N–H and O–H groups in total. The van der Waals surface area contributed by atoms with Crippen molar-refractivity contribution < 1.29 is 4.74 Å². The van der Waals surface area contributed by atoms with E-state index in [9.17, 15) is 0 Å². The van der Waals surface area contributed by atoms with Crippen LogP contribution in [0, 0.1) is 6.92 Å². The molecule has 0 atom stereocenters. The largest absolute Gasteiger partial charge is 0.378 e. The lowest BCUT2D eigenvalue weighted by Gasteiger charge is -2.22.